The molecule has 3 amide bonds. The minimum atomic E-state index is -0.300. The monoisotopic (exact) mass is 263 g/mol. The summed E-state index contributed by atoms with van der Waals surface area (Å²) in [5.74, 6) is 0.637. The van der Waals surface area contributed by atoms with Crippen molar-refractivity contribution in [1.82, 2.24) is 10.6 Å². The number of nitrogens with one attached hydrogen (secondary N) is 3. The smallest absolute Gasteiger partial charge is 0.319 e. The maximum Gasteiger partial charge on any atom is 0.319 e. The van der Waals surface area contributed by atoms with Gasteiger partial charge in [-0.05, 0) is 18.6 Å². The Morgan fingerprint density at radius 1 is 1.42 bits per heavy atom. The quantitative estimate of drug-likeness (QED) is 0.764. The first kappa shape index (κ1) is 13.2. The number of ether oxygens (including phenoxy) is 1. The van der Waals surface area contributed by atoms with E-state index in [2.05, 4.69) is 16.0 Å². The van der Waals surface area contributed by atoms with Gasteiger partial charge in [-0.1, -0.05) is 12.1 Å². The lowest BCUT2D eigenvalue weighted by molar-refractivity contribution is -0.122. The number of para-hydroxylation sites is 2. The molecule has 1 aromatic rings. The molecule has 0 radical (unpaired) electrons. The van der Waals surface area contributed by atoms with Gasteiger partial charge in [-0.25, -0.2) is 4.79 Å². The summed E-state index contributed by atoms with van der Waals surface area (Å²) in [6, 6.07) is 6.85. The van der Waals surface area contributed by atoms with Crippen LogP contribution in [0.1, 0.15) is 12.8 Å². The van der Waals surface area contributed by atoms with Crippen molar-refractivity contribution in [3.63, 3.8) is 0 Å². The van der Waals surface area contributed by atoms with Crippen molar-refractivity contribution in [2.24, 2.45) is 0 Å². The van der Waals surface area contributed by atoms with Crippen LogP contribution in [0.15, 0.2) is 24.3 Å². The molecule has 1 heterocycles. The second-order valence-electron chi connectivity index (χ2n) is 4.34. The predicted octanol–water partition coefficient (Wildman–Crippen LogP) is 1.10. The number of hydrogen-bond acceptors (Lipinski definition) is 3. The van der Waals surface area contributed by atoms with Gasteiger partial charge in [-0.3, -0.25) is 4.79 Å². The van der Waals surface area contributed by atoms with E-state index >= 15 is 0 Å². The lowest BCUT2D eigenvalue weighted by Crippen LogP contribution is -2.48. The van der Waals surface area contributed by atoms with Gasteiger partial charge in [0.05, 0.1) is 12.8 Å². The van der Waals surface area contributed by atoms with E-state index in [4.69, 9.17) is 4.74 Å². The van der Waals surface area contributed by atoms with Crippen molar-refractivity contribution in [1.29, 1.82) is 0 Å². The van der Waals surface area contributed by atoms with Crippen LogP contribution in [0.2, 0.25) is 0 Å². The van der Waals surface area contributed by atoms with Crippen LogP contribution in [-0.2, 0) is 4.79 Å². The van der Waals surface area contributed by atoms with Crippen LogP contribution >= 0.6 is 0 Å². The number of amides is 3. The first-order valence-corrected chi connectivity index (χ1v) is 6.16. The zero-order valence-electron chi connectivity index (χ0n) is 10.7. The molecule has 0 unspecified atom stereocenters. The summed E-state index contributed by atoms with van der Waals surface area (Å²) >= 11 is 0. The molecule has 102 valence electrons. The largest absolute Gasteiger partial charge is 0.495 e. The number of methoxy groups -OCH3 is 1. The molecule has 1 aliphatic heterocycles. The second-order valence-corrected chi connectivity index (χ2v) is 4.34. The molecule has 0 aromatic heterocycles. The highest BCUT2D eigenvalue weighted by Crippen LogP contribution is 2.22. The topological polar surface area (TPSA) is 79.5 Å². The normalized spacial score (nSPS) is 18.4. The predicted molar refractivity (Wildman–Crippen MR) is 71.2 cm³/mol. The molecule has 6 heteroatoms. The fourth-order valence-corrected chi connectivity index (χ4v) is 1.95. The van der Waals surface area contributed by atoms with E-state index in [1.807, 2.05) is 12.1 Å². The molecule has 1 aliphatic rings. The molecule has 1 saturated heterocycles. The van der Waals surface area contributed by atoms with Gasteiger partial charge in [0, 0.05) is 19.0 Å². The Hall–Kier alpha value is -2.24. The molecular formula is C13H17N3O3. The van der Waals surface area contributed by atoms with Gasteiger partial charge < -0.3 is 20.7 Å². The Balaban J connectivity index is 1.89. The third-order valence-corrected chi connectivity index (χ3v) is 2.96. The molecule has 1 fully saturated rings. The van der Waals surface area contributed by atoms with E-state index in [9.17, 15) is 9.59 Å². The summed E-state index contributed by atoms with van der Waals surface area (Å²) in [6.07, 6.45) is 1.10. The van der Waals surface area contributed by atoms with Crippen LogP contribution in [0.25, 0.3) is 0 Å². The Labute approximate surface area is 111 Å². The Morgan fingerprint density at radius 2 is 2.21 bits per heavy atom. The molecule has 0 bridgehead atoms. The highest BCUT2D eigenvalue weighted by Gasteiger charge is 2.19. The Kier molecular flexibility index (Phi) is 4.22. The average molecular weight is 263 g/mol. The van der Waals surface area contributed by atoms with E-state index in [1.165, 1.54) is 0 Å². The molecule has 19 heavy (non-hydrogen) atoms. The summed E-state index contributed by atoms with van der Waals surface area (Å²) in [5, 5.41) is 8.27. The van der Waals surface area contributed by atoms with Crippen LogP contribution in [-0.4, -0.2) is 31.6 Å². The van der Waals surface area contributed by atoms with Gasteiger partial charge in [0.15, 0.2) is 0 Å². The fourth-order valence-electron chi connectivity index (χ4n) is 1.95. The Bertz CT molecular complexity index is 466. The summed E-state index contributed by atoms with van der Waals surface area (Å²) in [4.78, 5) is 22.9. The fraction of sp³-hybridized carbons (Fsp3) is 0.385. The van der Waals surface area contributed by atoms with E-state index < -0.39 is 0 Å². The van der Waals surface area contributed by atoms with E-state index in [-0.39, 0.29) is 18.0 Å². The summed E-state index contributed by atoms with van der Waals surface area (Å²) < 4.78 is 5.15. The first-order chi connectivity index (χ1) is 9.19. The molecule has 0 saturated carbocycles. The van der Waals surface area contributed by atoms with Crippen molar-refractivity contribution in [2.45, 2.75) is 18.9 Å². The van der Waals surface area contributed by atoms with Crippen LogP contribution < -0.4 is 20.7 Å². The van der Waals surface area contributed by atoms with E-state index in [0.29, 0.717) is 30.8 Å². The van der Waals surface area contributed by atoms with Crippen molar-refractivity contribution in [3.8, 4) is 5.75 Å². The average Bonchev–Trinajstić information content (AvgIpc) is 2.42. The number of rotatable bonds is 3. The van der Waals surface area contributed by atoms with Gasteiger partial charge in [0.2, 0.25) is 5.91 Å². The highest BCUT2D eigenvalue weighted by molar-refractivity contribution is 5.91. The molecule has 3 N–H and O–H groups in total. The van der Waals surface area contributed by atoms with Crippen LogP contribution in [0.3, 0.4) is 0 Å². The van der Waals surface area contributed by atoms with Gasteiger partial charge >= 0.3 is 6.03 Å². The number of benzene rings is 1. The Morgan fingerprint density at radius 3 is 2.89 bits per heavy atom. The molecule has 0 spiro atoms. The third-order valence-electron chi connectivity index (χ3n) is 2.96. The van der Waals surface area contributed by atoms with E-state index in [0.717, 1.165) is 0 Å². The van der Waals surface area contributed by atoms with Gasteiger partial charge in [0.1, 0.15) is 5.75 Å². The SMILES string of the molecule is COc1ccccc1NC(=O)N[C@H]1CCC(=O)NC1. The molecule has 2 rings (SSSR count). The summed E-state index contributed by atoms with van der Waals surface area (Å²) in [5.41, 5.74) is 0.613. The number of carbonyl (C=O) groups excluding carboxylic acids is 2. The number of piperidine rings is 1. The molecule has 1 atom stereocenters. The summed E-state index contributed by atoms with van der Waals surface area (Å²) in [6.45, 7) is 0.470. The maximum atomic E-state index is 11.8. The van der Waals surface area contributed by atoms with Gasteiger partial charge in [0.25, 0.3) is 0 Å². The minimum absolute atomic E-state index is 0.0307. The number of hydrogen-bond donors (Lipinski definition) is 3. The molecule has 6 nitrogen and oxygen atoms in total. The second kappa shape index (κ2) is 6.08. The summed E-state index contributed by atoms with van der Waals surface area (Å²) in [7, 11) is 1.55. The number of anilines is 1. The van der Waals surface area contributed by atoms with Crippen LogP contribution in [0.4, 0.5) is 10.5 Å². The van der Waals surface area contributed by atoms with Crippen molar-refractivity contribution in [2.75, 3.05) is 19.0 Å². The van der Waals surface area contributed by atoms with Gasteiger partial charge in [-0.2, -0.15) is 0 Å². The maximum absolute atomic E-state index is 11.8. The zero-order valence-corrected chi connectivity index (χ0v) is 10.7. The van der Waals surface area contributed by atoms with Crippen molar-refractivity contribution in [3.05, 3.63) is 24.3 Å². The zero-order chi connectivity index (χ0) is 13.7. The first-order valence-electron chi connectivity index (χ1n) is 6.16. The van der Waals surface area contributed by atoms with Crippen molar-refractivity contribution >= 4 is 17.6 Å². The molecule has 1 aromatic carbocycles. The number of urea groups is 1. The highest BCUT2D eigenvalue weighted by atomic mass is 16.5. The van der Waals surface area contributed by atoms with Crippen LogP contribution in [0, 0.1) is 0 Å². The lowest BCUT2D eigenvalue weighted by atomic mass is 10.1. The van der Waals surface area contributed by atoms with Crippen LogP contribution in [0.5, 0.6) is 5.75 Å². The number of carbonyl (C=O) groups is 2. The molecular weight excluding hydrogens is 246 g/mol. The third kappa shape index (κ3) is 3.61. The van der Waals surface area contributed by atoms with Crippen molar-refractivity contribution < 1.29 is 14.3 Å². The van der Waals surface area contributed by atoms with Gasteiger partial charge in [-0.15, -0.1) is 0 Å². The minimum Gasteiger partial charge on any atom is -0.495 e. The van der Waals surface area contributed by atoms with E-state index in [1.54, 1.807) is 19.2 Å². The molecule has 0 aliphatic carbocycles. The lowest BCUT2D eigenvalue weighted by Gasteiger charge is -2.23. The standard InChI is InChI=1S/C13H17N3O3/c1-19-11-5-3-2-4-10(11)16-13(18)15-9-6-7-12(17)14-8-9/h2-5,9H,6-8H2,1H3,(H,14,17)(H2,15,16,18)/t9-/m0/s1.